The van der Waals surface area contributed by atoms with Crippen LogP contribution in [0.3, 0.4) is 0 Å². The number of allylic oxidation sites excluding steroid dienone is 2. The van der Waals surface area contributed by atoms with Crippen LogP contribution in [-0.2, 0) is 0 Å². The molecule has 0 saturated heterocycles. The lowest BCUT2D eigenvalue weighted by atomic mass is 10.3. The molecule has 0 unspecified atom stereocenters. The summed E-state index contributed by atoms with van der Waals surface area (Å²) in [5.41, 5.74) is 10.9. The predicted molar refractivity (Wildman–Crippen MR) is 63.1 cm³/mol. The van der Waals surface area contributed by atoms with Crippen molar-refractivity contribution in [3.8, 4) is 23.7 Å². The summed E-state index contributed by atoms with van der Waals surface area (Å²) in [5.74, 6) is 10.7. The Balaban J connectivity index is 5.34. The molecule has 0 saturated carbocycles. The first-order valence-electron chi connectivity index (χ1n) is 4.05. The van der Waals surface area contributed by atoms with Gasteiger partial charge < -0.3 is 0 Å². The van der Waals surface area contributed by atoms with Gasteiger partial charge in [-0.05, 0) is 61.3 Å². The van der Waals surface area contributed by atoms with Crippen LogP contribution in [0.25, 0.3) is 0 Å². The van der Waals surface area contributed by atoms with Gasteiger partial charge in [0, 0.05) is 6.20 Å². The van der Waals surface area contributed by atoms with Gasteiger partial charge in [-0.3, -0.25) is 4.99 Å². The Morgan fingerprint density at radius 1 is 1.27 bits per heavy atom. The Morgan fingerprint density at radius 2 is 2.07 bits per heavy atom. The van der Waals surface area contributed by atoms with E-state index in [9.17, 15) is 0 Å². The Kier molecular flexibility index (Phi) is 7.83. The van der Waals surface area contributed by atoms with Crippen LogP contribution >= 0.6 is 0 Å². The number of hydrogen-bond acceptors (Lipinski definition) is 1. The molecule has 15 heavy (non-hydrogen) atoms. The number of aliphatic imine (C=N–C) groups is 1. The molecule has 0 aliphatic rings. The molecule has 0 spiro atoms. The normalized spacial score (nSPS) is 6.47. The van der Waals surface area contributed by atoms with Crippen molar-refractivity contribution in [3.05, 3.63) is 47.4 Å². The highest BCUT2D eigenvalue weighted by atomic mass is 14.6. The second kappa shape index (κ2) is 9.48. The third-order valence-corrected chi connectivity index (χ3v) is 1.08. The molecule has 0 aromatic heterocycles. The molecule has 0 radical (unpaired) electrons. The minimum atomic E-state index is 0.591. The van der Waals surface area contributed by atoms with Crippen LogP contribution in [0, 0.1) is 23.7 Å². The minimum Gasteiger partial charge on any atom is -0.272 e. The molecule has 0 aromatic carbocycles. The van der Waals surface area contributed by atoms with E-state index in [4.69, 9.17) is 0 Å². The molecule has 0 atom stereocenters. The molecule has 0 N–H and O–H groups in total. The fourth-order valence-corrected chi connectivity index (χ4v) is 0.546. The third kappa shape index (κ3) is 7.74. The van der Waals surface area contributed by atoms with Crippen LogP contribution in [0.4, 0.5) is 0 Å². The van der Waals surface area contributed by atoms with Crippen molar-refractivity contribution in [1.29, 1.82) is 0 Å². The summed E-state index contributed by atoms with van der Waals surface area (Å²) in [6.07, 6.45) is 3.16. The Morgan fingerprint density at radius 3 is 2.67 bits per heavy atom. The van der Waals surface area contributed by atoms with Gasteiger partial charge in [0.25, 0.3) is 0 Å². The van der Waals surface area contributed by atoms with Crippen LogP contribution in [0.5, 0.6) is 0 Å². The highest BCUT2D eigenvalue weighted by Gasteiger charge is 1.79. The van der Waals surface area contributed by atoms with E-state index in [1.165, 1.54) is 6.20 Å². The molecule has 0 heterocycles. The molecule has 1 heteroatoms. The first kappa shape index (κ1) is 12.4. The number of hydrogen-bond donors (Lipinski definition) is 0. The van der Waals surface area contributed by atoms with Crippen molar-refractivity contribution >= 4 is 6.72 Å². The highest BCUT2D eigenvalue weighted by molar-refractivity contribution is 5.42. The quantitative estimate of drug-likeness (QED) is 0.275. The average molecular weight is 191 g/mol. The van der Waals surface area contributed by atoms with Crippen LogP contribution in [0.15, 0.2) is 52.3 Å². The van der Waals surface area contributed by atoms with Crippen molar-refractivity contribution in [2.45, 2.75) is 6.92 Å². The van der Waals surface area contributed by atoms with Gasteiger partial charge >= 0.3 is 0 Å². The standard InChI is InChI=1S/C14H9N/c1-4-6-8-10-14(12-13-15-3)11-9-7-5-2/h12-13H,1,3H2,2H3. The first-order valence-corrected chi connectivity index (χ1v) is 4.05. The van der Waals surface area contributed by atoms with Gasteiger partial charge in [0.2, 0.25) is 0 Å². The zero-order valence-electron chi connectivity index (χ0n) is 8.52. The monoisotopic (exact) mass is 191 g/mol. The summed E-state index contributed by atoms with van der Waals surface area (Å²) < 4.78 is 0. The molecule has 0 rings (SSSR count). The van der Waals surface area contributed by atoms with E-state index in [2.05, 4.69) is 64.9 Å². The molecular weight excluding hydrogens is 182 g/mol. The molecule has 0 bridgehead atoms. The van der Waals surface area contributed by atoms with Gasteiger partial charge in [-0.15, -0.1) is 0 Å². The molecule has 0 aromatic rings. The summed E-state index contributed by atoms with van der Waals surface area (Å²) in [5, 5.41) is 0. The summed E-state index contributed by atoms with van der Waals surface area (Å²) in [7, 11) is 0. The lowest BCUT2D eigenvalue weighted by Crippen LogP contribution is -1.66. The van der Waals surface area contributed by atoms with E-state index in [-0.39, 0.29) is 0 Å². The fourth-order valence-electron chi connectivity index (χ4n) is 0.546. The third-order valence-electron chi connectivity index (χ3n) is 1.08. The topological polar surface area (TPSA) is 12.4 Å². The zero-order valence-corrected chi connectivity index (χ0v) is 8.52. The Labute approximate surface area is 90.2 Å². The predicted octanol–water partition coefficient (Wildman–Crippen LogP) is 2.40. The second-order valence-electron chi connectivity index (χ2n) is 2.09. The number of nitrogens with zero attached hydrogens (tertiary/aromatic N) is 1. The molecule has 0 aliphatic heterocycles. The minimum absolute atomic E-state index is 0.591. The van der Waals surface area contributed by atoms with Crippen molar-refractivity contribution in [3.63, 3.8) is 0 Å². The summed E-state index contributed by atoms with van der Waals surface area (Å²) in [4.78, 5) is 3.56. The lowest BCUT2D eigenvalue weighted by molar-refractivity contribution is 1.59. The maximum Gasteiger partial charge on any atom is 0.0779 e. The van der Waals surface area contributed by atoms with E-state index in [0.29, 0.717) is 5.57 Å². The van der Waals surface area contributed by atoms with Crippen molar-refractivity contribution < 1.29 is 0 Å². The van der Waals surface area contributed by atoms with E-state index in [0.717, 1.165) is 0 Å². The fraction of sp³-hybridized carbons (Fsp3) is 0.0714. The van der Waals surface area contributed by atoms with Crippen LogP contribution in [0.1, 0.15) is 6.92 Å². The summed E-state index contributed by atoms with van der Waals surface area (Å²) in [6, 6.07) is 0. The largest absolute Gasteiger partial charge is 0.272 e. The van der Waals surface area contributed by atoms with Crippen molar-refractivity contribution in [2.24, 2.45) is 4.99 Å². The van der Waals surface area contributed by atoms with Gasteiger partial charge in [-0.25, -0.2) is 0 Å². The van der Waals surface area contributed by atoms with E-state index < -0.39 is 0 Å². The van der Waals surface area contributed by atoms with Crippen molar-refractivity contribution in [1.82, 2.24) is 0 Å². The van der Waals surface area contributed by atoms with Crippen molar-refractivity contribution in [2.75, 3.05) is 0 Å². The number of rotatable bonds is 2. The van der Waals surface area contributed by atoms with Gasteiger partial charge in [0.15, 0.2) is 0 Å². The van der Waals surface area contributed by atoms with E-state index in [1.807, 2.05) is 0 Å². The Bertz CT molecular complexity index is 528. The summed E-state index contributed by atoms with van der Waals surface area (Å²) >= 11 is 0. The average Bonchev–Trinajstić information content (AvgIpc) is 2.25. The van der Waals surface area contributed by atoms with Gasteiger partial charge in [0.1, 0.15) is 0 Å². The van der Waals surface area contributed by atoms with Gasteiger partial charge in [0.05, 0.1) is 5.57 Å². The van der Waals surface area contributed by atoms with Gasteiger partial charge in [-0.2, -0.15) is 0 Å². The maximum atomic E-state index is 3.56. The molecule has 1 nitrogen and oxygen atoms in total. The smallest absolute Gasteiger partial charge is 0.0779 e. The van der Waals surface area contributed by atoms with Crippen LogP contribution < -0.4 is 0 Å². The first-order chi connectivity index (χ1) is 7.35. The zero-order chi connectivity index (χ0) is 11.4. The Hall–Kier alpha value is -2.61. The van der Waals surface area contributed by atoms with E-state index >= 15 is 0 Å². The molecule has 0 amide bonds. The summed E-state index contributed by atoms with van der Waals surface area (Å²) in [6.45, 7) is 8.37. The van der Waals surface area contributed by atoms with Crippen LogP contribution in [0.2, 0.25) is 0 Å². The molecule has 0 fully saturated rings. The maximum absolute atomic E-state index is 3.56. The molecule has 0 aliphatic carbocycles. The van der Waals surface area contributed by atoms with Crippen LogP contribution in [-0.4, -0.2) is 6.72 Å². The lowest BCUT2D eigenvalue weighted by Gasteiger charge is -1.78. The van der Waals surface area contributed by atoms with E-state index in [1.54, 1.807) is 13.0 Å². The SMILES string of the molecule is C=C=C=C=C=C(C#CC#CC)C=CN=C. The van der Waals surface area contributed by atoms with Gasteiger partial charge in [-0.1, -0.05) is 11.7 Å². The second-order valence-corrected chi connectivity index (χ2v) is 2.09. The highest BCUT2D eigenvalue weighted by Crippen LogP contribution is 1.91. The molecule has 70 valence electrons. The molecular formula is C14H9N.